The van der Waals surface area contributed by atoms with Crippen LogP contribution in [-0.4, -0.2) is 104 Å². The fourth-order valence-electron chi connectivity index (χ4n) is 3.47. The molecule has 0 aromatic carbocycles. The first-order valence-corrected chi connectivity index (χ1v) is 9.97. The Bertz CT molecular complexity index is 708. The number of hydroxylamine groups is 2. The minimum absolute atomic E-state index is 0.105. The lowest BCUT2D eigenvalue weighted by Crippen LogP contribution is -2.51. The third kappa shape index (κ3) is 4.93. The molecule has 3 amide bonds. The molecule has 12 nitrogen and oxygen atoms in total. The third-order valence-electron chi connectivity index (χ3n) is 4.76. The van der Waals surface area contributed by atoms with E-state index in [1.807, 2.05) is 4.90 Å². The van der Waals surface area contributed by atoms with Gasteiger partial charge in [0.1, 0.15) is 6.04 Å². The van der Waals surface area contributed by atoms with Crippen LogP contribution < -0.4 is 5.32 Å². The zero-order valence-electron chi connectivity index (χ0n) is 14.6. The number of hydrogen-bond acceptors (Lipinski definition) is 8. The Morgan fingerprint density at radius 1 is 1.26 bits per heavy atom. The molecule has 0 aromatic rings. The number of rotatable bonds is 7. The normalized spacial score (nSPS) is 26.3. The molecule has 0 aromatic heterocycles. The lowest BCUT2D eigenvalue weighted by Gasteiger charge is -2.29. The van der Waals surface area contributed by atoms with E-state index in [4.69, 9.17) is 9.29 Å². The molecular formula is C14H22N4O8S. The van der Waals surface area contributed by atoms with Crippen LogP contribution in [0.5, 0.6) is 0 Å². The van der Waals surface area contributed by atoms with Crippen molar-refractivity contribution in [3.05, 3.63) is 0 Å². The summed E-state index contributed by atoms with van der Waals surface area (Å²) in [5.41, 5.74) is 0. The van der Waals surface area contributed by atoms with Crippen molar-refractivity contribution in [1.29, 1.82) is 0 Å². The van der Waals surface area contributed by atoms with Crippen molar-refractivity contribution in [3.63, 3.8) is 0 Å². The second kappa shape index (κ2) is 8.06. The van der Waals surface area contributed by atoms with Crippen LogP contribution >= 0.6 is 0 Å². The molecule has 13 heteroatoms. The van der Waals surface area contributed by atoms with E-state index in [1.54, 1.807) is 0 Å². The summed E-state index contributed by atoms with van der Waals surface area (Å²) in [6.45, 7) is 2.64. The first-order chi connectivity index (χ1) is 12.7. The minimum Gasteiger partial charge on any atom is -0.379 e. The highest BCUT2D eigenvalue weighted by Gasteiger charge is 2.49. The molecule has 2 N–H and O–H groups in total. The van der Waals surface area contributed by atoms with Gasteiger partial charge in [-0.15, -0.1) is 4.28 Å². The van der Waals surface area contributed by atoms with E-state index in [9.17, 15) is 22.8 Å². The number of nitrogens with zero attached hydrogens (tertiary/aromatic N) is 3. The summed E-state index contributed by atoms with van der Waals surface area (Å²) in [5, 5.41) is 3.12. The van der Waals surface area contributed by atoms with Gasteiger partial charge in [0.05, 0.1) is 32.3 Å². The molecule has 0 unspecified atom stereocenters. The fourth-order valence-corrected chi connectivity index (χ4v) is 3.86. The maximum Gasteiger partial charge on any atom is 0.418 e. The standard InChI is InChI=1S/C14H22N4O8S/c19-11(9-16-3-5-25-6-4-16)7-15-13(20)12-2-1-10-8-17(12)14(21)18(10)26-27(22,23)24/h10,12H,1-9H2,(H,15,20)(H,22,23,24)/t10-,12+/m1/s1. The van der Waals surface area contributed by atoms with Crippen molar-refractivity contribution in [1.82, 2.24) is 20.2 Å². The molecule has 27 heavy (non-hydrogen) atoms. The monoisotopic (exact) mass is 406 g/mol. The van der Waals surface area contributed by atoms with Gasteiger partial charge in [-0.3, -0.25) is 19.0 Å². The van der Waals surface area contributed by atoms with Crippen LogP contribution in [0.25, 0.3) is 0 Å². The Morgan fingerprint density at radius 3 is 2.63 bits per heavy atom. The van der Waals surface area contributed by atoms with Gasteiger partial charge in [0.25, 0.3) is 0 Å². The lowest BCUT2D eigenvalue weighted by molar-refractivity contribution is -0.129. The number of ketones is 1. The number of hydrogen-bond donors (Lipinski definition) is 2. The number of piperidine rings is 1. The van der Waals surface area contributed by atoms with Gasteiger partial charge in [0.15, 0.2) is 5.78 Å². The maximum atomic E-state index is 12.4. The molecule has 3 saturated heterocycles. The molecule has 152 valence electrons. The first-order valence-electron chi connectivity index (χ1n) is 8.61. The van der Waals surface area contributed by atoms with Crippen molar-refractivity contribution in [2.45, 2.75) is 24.9 Å². The highest BCUT2D eigenvalue weighted by Crippen LogP contribution is 2.30. The van der Waals surface area contributed by atoms with E-state index in [0.29, 0.717) is 44.2 Å². The number of nitrogens with one attached hydrogen (secondary N) is 1. The largest absolute Gasteiger partial charge is 0.418 e. The van der Waals surface area contributed by atoms with Gasteiger partial charge >= 0.3 is 16.4 Å². The van der Waals surface area contributed by atoms with Crippen LogP contribution in [0.2, 0.25) is 0 Å². The molecule has 3 aliphatic rings. The van der Waals surface area contributed by atoms with Crippen LogP contribution in [0, 0.1) is 0 Å². The highest BCUT2D eigenvalue weighted by atomic mass is 32.3. The Hall–Kier alpha value is -1.80. The van der Waals surface area contributed by atoms with Gasteiger partial charge in [-0.1, -0.05) is 0 Å². The summed E-state index contributed by atoms with van der Waals surface area (Å²) in [6.07, 6.45) is 0.628. The maximum absolute atomic E-state index is 12.4. The molecule has 0 radical (unpaired) electrons. The van der Waals surface area contributed by atoms with E-state index < -0.39 is 34.4 Å². The number of carbonyl (C=O) groups is 3. The number of urea groups is 1. The zero-order valence-corrected chi connectivity index (χ0v) is 15.4. The Morgan fingerprint density at radius 2 is 1.96 bits per heavy atom. The zero-order chi connectivity index (χ0) is 19.6. The van der Waals surface area contributed by atoms with Crippen molar-refractivity contribution in [3.8, 4) is 0 Å². The second-order valence-corrected chi connectivity index (χ2v) is 7.66. The molecule has 0 saturated carbocycles. The number of carbonyl (C=O) groups excluding carboxylic acids is 3. The van der Waals surface area contributed by atoms with Gasteiger partial charge in [-0.05, 0) is 12.8 Å². The van der Waals surface area contributed by atoms with Crippen molar-refractivity contribution in [2.24, 2.45) is 0 Å². The smallest absolute Gasteiger partial charge is 0.379 e. The summed E-state index contributed by atoms with van der Waals surface area (Å²) in [4.78, 5) is 39.8. The minimum atomic E-state index is -4.83. The van der Waals surface area contributed by atoms with Gasteiger partial charge in [-0.2, -0.15) is 13.5 Å². The summed E-state index contributed by atoms with van der Waals surface area (Å²) in [7, 11) is -4.83. The quantitative estimate of drug-likeness (QED) is 0.459. The molecule has 3 aliphatic heterocycles. The Kier molecular flexibility index (Phi) is 5.95. The predicted molar refractivity (Wildman–Crippen MR) is 88.7 cm³/mol. The molecule has 2 atom stereocenters. The van der Waals surface area contributed by atoms with Crippen LogP contribution in [0.1, 0.15) is 12.8 Å². The van der Waals surface area contributed by atoms with Crippen molar-refractivity contribution >= 4 is 28.1 Å². The van der Waals surface area contributed by atoms with Crippen molar-refractivity contribution < 1.29 is 36.4 Å². The summed E-state index contributed by atoms with van der Waals surface area (Å²) in [6, 6.07) is -2.19. The van der Waals surface area contributed by atoms with Gasteiger partial charge < -0.3 is 15.0 Å². The highest BCUT2D eigenvalue weighted by molar-refractivity contribution is 7.80. The predicted octanol–water partition coefficient (Wildman–Crippen LogP) is -1.99. The average Bonchev–Trinajstić information content (AvgIpc) is 2.84. The van der Waals surface area contributed by atoms with Crippen LogP contribution in [0.4, 0.5) is 4.79 Å². The van der Waals surface area contributed by atoms with Gasteiger partial charge in [-0.25, -0.2) is 4.79 Å². The van der Waals surface area contributed by atoms with E-state index >= 15 is 0 Å². The number of amides is 3. The van der Waals surface area contributed by atoms with Crippen LogP contribution in [-0.2, 0) is 29.0 Å². The van der Waals surface area contributed by atoms with Gasteiger partial charge in [0.2, 0.25) is 5.91 Å². The number of morpholine rings is 1. The van der Waals surface area contributed by atoms with Crippen LogP contribution in [0.15, 0.2) is 0 Å². The second-order valence-electron chi connectivity index (χ2n) is 6.65. The average molecular weight is 406 g/mol. The van der Waals surface area contributed by atoms with Crippen LogP contribution in [0.3, 0.4) is 0 Å². The Balaban J connectivity index is 1.50. The molecule has 3 heterocycles. The molecule has 0 aliphatic carbocycles. The van der Waals surface area contributed by atoms with E-state index in [-0.39, 0.29) is 25.4 Å². The third-order valence-corrected chi connectivity index (χ3v) is 5.11. The van der Waals surface area contributed by atoms with E-state index in [1.165, 1.54) is 4.90 Å². The number of fused-ring (bicyclic) bond motifs is 2. The summed E-state index contributed by atoms with van der Waals surface area (Å²) < 4.78 is 40.0. The number of Topliss-reactive ketones (excluding diaryl/α,β-unsaturated/α-hetero) is 1. The Labute approximate surface area is 156 Å². The topological polar surface area (TPSA) is 146 Å². The lowest BCUT2D eigenvalue weighted by atomic mass is 10.0. The molecule has 3 fully saturated rings. The molecule has 0 spiro atoms. The molecule has 3 rings (SSSR count). The van der Waals surface area contributed by atoms with Gasteiger partial charge in [0, 0.05) is 19.6 Å². The van der Waals surface area contributed by atoms with Crippen molar-refractivity contribution in [2.75, 3.05) is 45.9 Å². The molecule has 2 bridgehead atoms. The van der Waals surface area contributed by atoms with E-state index in [0.717, 1.165) is 0 Å². The summed E-state index contributed by atoms with van der Waals surface area (Å²) in [5.74, 6) is -0.631. The van der Waals surface area contributed by atoms with E-state index in [2.05, 4.69) is 9.60 Å². The SMILES string of the molecule is O=C(CNC(=O)[C@@H]1CC[C@@H]2CN1C(=O)N2OS(=O)(=O)O)CN1CCOCC1. The number of ether oxygens (including phenoxy) is 1. The first kappa shape index (κ1) is 19.9. The fraction of sp³-hybridized carbons (Fsp3) is 0.786. The summed E-state index contributed by atoms with van der Waals surface area (Å²) >= 11 is 0. The molecular weight excluding hydrogens is 384 g/mol.